The van der Waals surface area contributed by atoms with E-state index >= 15 is 0 Å². The highest BCUT2D eigenvalue weighted by molar-refractivity contribution is 9.11. The monoisotopic (exact) mass is 445 g/mol. The van der Waals surface area contributed by atoms with Crippen LogP contribution in [0.3, 0.4) is 0 Å². The number of carbonyl (C=O) groups excluding carboxylic acids is 1. The van der Waals surface area contributed by atoms with Gasteiger partial charge in [-0.15, -0.1) is 0 Å². The zero-order chi connectivity index (χ0) is 16.3. The van der Waals surface area contributed by atoms with Gasteiger partial charge in [0, 0.05) is 14.0 Å². The normalized spacial score (nSPS) is 11.9. The molecule has 0 saturated heterocycles. The van der Waals surface area contributed by atoms with E-state index in [1.54, 1.807) is 25.1 Å². The Labute approximate surface area is 151 Å². The van der Waals surface area contributed by atoms with E-state index in [-0.39, 0.29) is 5.91 Å². The number of hydrogen-bond donors (Lipinski definition) is 1. The van der Waals surface area contributed by atoms with Crippen molar-refractivity contribution in [2.24, 2.45) is 0 Å². The molecule has 0 spiro atoms. The molecule has 1 atom stereocenters. The number of halogens is 3. The molecule has 0 saturated carbocycles. The van der Waals surface area contributed by atoms with Gasteiger partial charge in [0.1, 0.15) is 5.75 Å². The average molecular weight is 448 g/mol. The van der Waals surface area contributed by atoms with Gasteiger partial charge in [0.15, 0.2) is 6.10 Å². The van der Waals surface area contributed by atoms with Crippen LogP contribution in [0.2, 0.25) is 5.02 Å². The number of aryl methyl sites for hydroxylation is 1. The molecule has 22 heavy (non-hydrogen) atoms. The van der Waals surface area contributed by atoms with Gasteiger partial charge in [0.25, 0.3) is 5.91 Å². The van der Waals surface area contributed by atoms with Crippen molar-refractivity contribution in [3.63, 3.8) is 0 Å². The molecule has 0 radical (unpaired) electrons. The van der Waals surface area contributed by atoms with Crippen LogP contribution in [0.25, 0.3) is 0 Å². The summed E-state index contributed by atoms with van der Waals surface area (Å²) in [6.45, 7) is 3.59. The van der Waals surface area contributed by atoms with Gasteiger partial charge in [-0.25, -0.2) is 0 Å². The molecule has 0 bridgehead atoms. The number of anilines is 1. The second-order valence-electron chi connectivity index (χ2n) is 4.78. The summed E-state index contributed by atoms with van der Waals surface area (Å²) in [5.41, 5.74) is 1.58. The number of amides is 1. The number of hydrogen-bond acceptors (Lipinski definition) is 2. The Morgan fingerprint density at radius 3 is 2.59 bits per heavy atom. The minimum atomic E-state index is -0.629. The van der Waals surface area contributed by atoms with Gasteiger partial charge in [0.2, 0.25) is 0 Å². The molecule has 6 heteroatoms. The summed E-state index contributed by atoms with van der Waals surface area (Å²) >= 11 is 12.7. The number of rotatable bonds is 4. The maximum atomic E-state index is 12.2. The summed E-state index contributed by atoms with van der Waals surface area (Å²) in [6.07, 6.45) is -0.629. The van der Waals surface area contributed by atoms with Crippen molar-refractivity contribution < 1.29 is 9.53 Å². The molecule has 1 N–H and O–H groups in total. The lowest BCUT2D eigenvalue weighted by Gasteiger charge is -2.17. The van der Waals surface area contributed by atoms with Gasteiger partial charge in [-0.05, 0) is 71.7 Å². The van der Waals surface area contributed by atoms with E-state index in [0.717, 1.165) is 14.5 Å². The first-order chi connectivity index (χ1) is 10.4. The van der Waals surface area contributed by atoms with Crippen LogP contribution in [-0.2, 0) is 4.79 Å². The molecule has 0 aliphatic heterocycles. The van der Waals surface area contributed by atoms with Crippen LogP contribution in [0.1, 0.15) is 12.5 Å². The van der Waals surface area contributed by atoms with Gasteiger partial charge in [-0.2, -0.15) is 0 Å². The van der Waals surface area contributed by atoms with Crippen molar-refractivity contribution in [1.29, 1.82) is 0 Å². The van der Waals surface area contributed by atoms with Crippen molar-refractivity contribution in [2.45, 2.75) is 20.0 Å². The first-order valence-corrected chi connectivity index (χ1v) is 8.52. The van der Waals surface area contributed by atoms with Crippen LogP contribution in [0.5, 0.6) is 5.75 Å². The highest BCUT2D eigenvalue weighted by Gasteiger charge is 2.17. The van der Waals surface area contributed by atoms with E-state index in [1.165, 1.54) is 0 Å². The van der Waals surface area contributed by atoms with Crippen LogP contribution in [0, 0.1) is 6.92 Å². The van der Waals surface area contributed by atoms with Crippen LogP contribution in [0.4, 0.5) is 5.69 Å². The zero-order valence-electron chi connectivity index (χ0n) is 12.0. The molecule has 0 aromatic heterocycles. The van der Waals surface area contributed by atoms with Gasteiger partial charge < -0.3 is 10.1 Å². The predicted molar refractivity (Wildman–Crippen MR) is 96.8 cm³/mol. The van der Waals surface area contributed by atoms with Crippen LogP contribution >= 0.6 is 43.5 Å². The minimum Gasteiger partial charge on any atom is -0.481 e. The van der Waals surface area contributed by atoms with Crippen molar-refractivity contribution in [3.8, 4) is 5.75 Å². The fraction of sp³-hybridized carbons (Fsp3) is 0.188. The lowest BCUT2D eigenvalue weighted by Crippen LogP contribution is -2.30. The van der Waals surface area contributed by atoms with Gasteiger partial charge in [0.05, 0.1) is 5.69 Å². The Hall–Kier alpha value is -1.04. The molecule has 0 aliphatic rings. The maximum absolute atomic E-state index is 12.2. The quantitative estimate of drug-likeness (QED) is 0.665. The topological polar surface area (TPSA) is 38.3 Å². The molecule has 0 fully saturated rings. The first kappa shape index (κ1) is 17.3. The summed E-state index contributed by atoms with van der Waals surface area (Å²) in [7, 11) is 0. The molecule has 0 heterocycles. The van der Waals surface area contributed by atoms with Crippen molar-refractivity contribution in [2.75, 3.05) is 5.32 Å². The Kier molecular flexibility index (Phi) is 5.89. The lowest BCUT2D eigenvalue weighted by atomic mass is 10.2. The van der Waals surface area contributed by atoms with Crippen molar-refractivity contribution >= 4 is 55.1 Å². The largest absolute Gasteiger partial charge is 0.481 e. The SMILES string of the molecule is Cc1cc(Cl)ccc1O[C@@H](C)C(=O)Nc1ccc(Br)cc1Br. The third kappa shape index (κ3) is 4.48. The van der Waals surface area contributed by atoms with Crippen molar-refractivity contribution in [3.05, 3.63) is 55.9 Å². The fourth-order valence-electron chi connectivity index (χ4n) is 1.81. The molecular formula is C16H14Br2ClNO2. The second-order valence-corrected chi connectivity index (χ2v) is 6.99. The van der Waals surface area contributed by atoms with E-state index in [1.807, 2.05) is 25.1 Å². The van der Waals surface area contributed by atoms with Crippen LogP contribution in [-0.4, -0.2) is 12.0 Å². The highest BCUT2D eigenvalue weighted by atomic mass is 79.9. The van der Waals surface area contributed by atoms with E-state index < -0.39 is 6.10 Å². The molecule has 0 aliphatic carbocycles. The summed E-state index contributed by atoms with van der Waals surface area (Å²) < 4.78 is 7.43. The lowest BCUT2D eigenvalue weighted by molar-refractivity contribution is -0.122. The minimum absolute atomic E-state index is 0.225. The summed E-state index contributed by atoms with van der Waals surface area (Å²) in [4.78, 5) is 12.2. The Morgan fingerprint density at radius 2 is 1.95 bits per heavy atom. The fourth-order valence-corrected chi connectivity index (χ4v) is 3.19. The molecular weight excluding hydrogens is 433 g/mol. The Balaban J connectivity index is 2.05. The van der Waals surface area contributed by atoms with E-state index in [4.69, 9.17) is 16.3 Å². The molecule has 1 amide bonds. The molecule has 3 nitrogen and oxygen atoms in total. The zero-order valence-corrected chi connectivity index (χ0v) is 15.9. The molecule has 0 unspecified atom stereocenters. The second kappa shape index (κ2) is 7.49. The van der Waals surface area contributed by atoms with E-state index in [9.17, 15) is 4.79 Å². The predicted octanol–water partition coefficient (Wildman–Crippen LogP) is 5.58. The van der Waals surface area contributed by atoms with Crippen LogP contribution in [0.15, 0.2) is 45.3 Å². The van der Waals surface area contributed by atoms with E-state index in [0.29, 0.717) is 16.5 Å². The molecule has 2 rings (SSSR count). The number of nitrogens with one attached hydrogen (secondary N) is 1. The third-order valence-corrected chi connectivity index (χ3v) is 4.38. The first-order valence-electron chi connectivity index (χ1n) is 6.55. The Bertz CT molecular complexity index is 707. The average Bonchev–Trinajstić information content (AvgIpc) is 2.44. The number of benzene rings is 2. The van der Waals surface area contributed by atoms with Crippen molar-refractivity contribution in [1.82, 2.24) is 0 Å². The molecule has 2 aromatic carbocycles. The summed E-state index contributed by atoms with van der Waals surface area (Å²) in [6, 6.07) is 10.8. The molecule has 2 aromatic rings. The summed E-state index contributed by atoms with van der Waals surface area (Å²) in [5.74, 6) is 0.416. The smallest absolute Gasteiger partial charge is 0.265 e. The maximum Gasteiger partial charge on any atom is 0.265 e. The molecule has 116 valence electrons. The van der Waals surface area contributed by atoms with Gasteiger partial charge >= 0.3 is 0 Å². The highest BCUT2D eigenvalue weighted by Crippen LogP contribution is 2.27. The number of ether oxygens (including phenoxy) is 1. The summed E-state index contributed by atoms with van der Waals surface area (Å²) in [5, 5.41) is 3.47. The third-order valence-electron chi connectivity index (χ3n) is 3.00. The van der Waals surface area contributed by atoms with E-state index in [2.05, 4.69) is 37.2 Å². The van der Waals surface area contributed by atoms with Crippen LogP contribution < -0.4 is 10.1 Å². The Morgan fingerprint density at radius 1 is 1.23 bits per heavy atom. The number of carbonyl (C=O) groups is 1. The standard InChI is InChI=1S/C16H14Br2ClNO2/c1-9-7-12(19)4-6-15(9)22-10(2)16(21)20-14-5-3-11(17)8-13(14)18/h3-8,10H,1-2H3,(H,20,21)/t10-/m0/s1. The van der Waals surface area contributed by atoms with Gasteiger partial charge in [-0.1, -0.05) is 27.5 Å². The van der Waals surface area contributed by atoms with Gasteiger partial charge in [-0.3, -0.25) is 4.79 Å².